The number of carbonyl (C=O) groups excluding carboxylic acids is 1. The van der Waals surface area contributed by atoms with Gasteiger partial charge in [0.05, 0.1) is 19.6 Å². The molecule has 4 nitrogen and oxygen atoms in total. The number of hydrogen-bond donors (Lipinski definition) is 1. The van der Waals surface area contributed by atoms with E-state index in [4.69, 9.17) is 10.5 Å². The summed E-state index contributed by atoms with van der Waals surface area (Å²) >= 11 is 0. The molecule has 0 aromatic heterocycles. The molecule has 94 valence electrons. The second-order valence-corrected chi connectivity index (χ2v) is 3.84. The number of cyclic esters (lactones) is 1. The van der Waals surface area contributed by atoms with E-state index in [0.29, 0.717) is 25.3 Å². The van der Waals surface area contributed by atoms with E-state index in [9.17, 15) is 9.18 Å². The maximum Gasteiger partial charge on any atom is 0.410 e. The van der Waals surface area contributed by atoms with Crippen LogP contribution < -0.4 is 5.73 Å². The van der Waals surface area contributed by atoms with Gasteiger partial charge in [-0.05, 0) is 17.7 Å². The lowest BCUT2D eigenvalue weighted by molar-refractivity contribution is 0.157. The summed E-state index contributed by atoms with van der Waals surface area (Å²) in [6.45, 7) is 1.51. The van der Waals surface area contributed by atoms with Crippen molar-refractivity contribution in [2.75, 3.05) is 19.7 Å². The van der Waals surface area contributed by atoms with E-state index in [2.05, 4.69) is 11.8 Å². The molecule has 2 rings (SSSR count). The van der Waals surface area contributed by atoms with Crippen LogP contribution in [0.2, 0.25) is 0 Å². The number of amides is 1. The first kappa shape index (κ1) is 12.4. The number of nitrogens with zero attached hydrogens (tertiary/aromatic N) is 1. The van der Waals surface area contributed by atoms with Crippen LogP contribution in [0.3, 0.4) is 0 Å². The molecule has 1 aliphatic rings. The highest BCUT2D eigenvalue weighted by molar-refractivity contribution is 5.69. The van der Waals surface area contributed by atoms with Crippen LogP contribution in [-0.2, 0) is 11.3 Å². The van der Waals surface area contributed by atoms with E-state index in [1.165, 1.54) is 12.1 Å². The fraction of sp³-hybridized carbons (Fsp3) is 0.308. The molecular formula is C13H13FN2O2. The highest BCUT2D eigenvalue weighted by Gasteiger charge is 2.22. The van der Waals surface area contributed by atoms with Crippen LogP contribution in [0.5, 0.6) is 0 Å². The topological polar surface area (TPSA) is 55.6 Å². The predicted molar refractivity (Wildman–Crippen MR) is 64.1 cm³/mol. The van der Waals surface area contributed by atoms with Crippen molar-refractivity contribution in [1.29, 1.82) is 0 Å². The van der Waals surface area contributed by atoms with Crippen molar-refractivity contribution in [3.05, 3.63) is 35.1 Å². The SMILES string of the molecule is NCC#Cc1cc(F)ccc1CN1CCOC1=O. The highest BCUT2D eigenvalue weighted by atomic mass is 19.1. The van der Waals surface area contributed by atoms with Crippen molar-refractivity contribution in [2.45, 2.75) is 6.54 Å². The molecule has 1 fully saturated rings. The van der Waals surface area contributed by atoms with Crippen LogP contribution in [0, 0.1) is 17.7 Å². The molecule has 1 aromatic rings. The Morgan fingerprint density at radius 3 is 3.00 bits per heavy atom. The summed E-state index contributed by atoms with van der Waals surface area (Å²) in [7, 11) is 0. The molecule has 0 aliphatic carbocycles. The zero-order chi connectivity index (χ0) is 13.0. The monoisotopic (exact) mass is 248 g/mol. The van der Waals surface area contributed by atoms with Gasteiger partial charge < -0.3 is 15.4 Å². The van der Waals surface area contributed by atoms with Crippen molar-refractivity contribution in [1.82, 2.24) is 4.90 Å². The largest absolute Gasteiger partial charge is 0.448 e. The second kappa shape index (κ2) is 5.52. The van der Waals surface area contributed by atoms with Crippen LogP contribution in [0.4, 0.5) is 9.18 Å². The molecule has 0 spiro atoms. The Morgan fingerprint density at radius 2 is 2.33 bits per heavy atom. The molecule has 1 heterocycles. The van der Waals surface area contributed by atoms with Crippen LogP contribution in [0.15, 0.2) is 18.2 Å². The van der Waals surface area contributed by atoms with Crippen LogP contribution in [0.1, 0.15) is 11.1 Å². The molecule has 18 heavy (non-hydrogen) atoms. The maximum atomic E-state index is 13.2. The number of rotatable bonds is 2. The standard InChI is InChI=1S/C13H13FN2O2/c14-12-4-3-11(10(8-12)2-1-5-15)9-16-6-7-18-13(16)17/h3-4,8H,5-7,9,15H2. The average Bonchev–Trinajstić information content (AvgIpc) is 2.75. The molecule has 0 saturated carbocycles. The number of carbonyl (C=O) groups is 1. The van der Waals surface area contributed by atoms with Crippen LogP contribution in [-0.4, -0.2) is 30.7 Å². The van der Waals surface area contributed by atoms with Crippen molar-refractivity contribution in [3.63, 3.8) is 0 Å². The lowest BCUT2D eigenvalue weighted by Gasteiger charge is -2.13. The summed E-state index contributed by atoms with van der Waals surface area (Å²) in [5.41, 5.74) is 6.64. The molecule has 5 heteroatoms. The van der Waals surface area contributed by atoms with E-state index in [1.54, 1.807) is 11.0 Å². The smallest absolute Gasteiger partial charge is 0.410 e. The summed E-state index contributed by atoms with van der Waals surface area (Å²) in [4.78, 5) is 12.9. The normalized spacial score (nSPS) is 14.1. The third-order valence-corrected chi connectivity index (χ3v) is 2.60. The molecule has 1 amide bonds. The van der Waals surface area contributed by atoms with Gasteiger partial charge in [0.25, 0.3) is 0 Å². The molecule has 1 saturated heterocycles. The molecule has 0 atom stereocenters. The number of ether oxygens (including phenoxy) is 1. The van der Waals surface area contributed by atoms with Crippen LogP contribution in [0.25, 0.3) is 0 Å². The molecular weight excluding hydrogens is 235 g/mol. The van der Waals surface area contributed by atoms with Gasteiger partial charge in [-0.1, -0.05) is 17.9 Å². The van der Waals surface area contributed by atoms with Crippen molar-refractivity contribution >= 4 is 6.09 Å². The quantitative estimate of drug-likeness (QED) is 0.797. The third kappa shape index (κ3) is 2.79. The first-order chi connectivity index (χ1) is 8.70. The van der Waals surface area contributed by atoms with Gasteiger partial charge in [0.2, 0.25) is 0 Å². The minimum atomic E-state index is -0.357. The van der Waals surface area contributed by atoms with E-state index in [-0.39, 0.29) is 18.5 Å². The lowest BCUT2D eigenvalue weighted by Crippen LogP contribution is -2.24. The zero-order valence-corrected chi connectivity index (χ0v) is 9.78. The van der Waals surface area contributed by atoms with Gasteiger partial charge in [-0.3, -0.25) is 0 Å². The Hall–Kier alpha value is -2.06. The fourth-order valence-corrected chi connectivity index (χ4v) is 1.72. The summed E-state index contributed by atoms with van der Waals surface area (Å²) < 4.78 is 18.0. The summed E-state index contributed by atoms with van der Waals surface area (Å²) in [6, 6.07) is 4.32. The summed E-state index contributed by atoms with van der Waals surface area (Å²) in [5.74, 6) is 5.14. The number of benzene rings is 1. The molecule has 0 unspecified atom stereocenters. The van der Waals surface area contributed by atoms with Crippen molar-refractivity contribution in [2.24, 2.45) is 5.73 Å². The first-order valence-corrected chi connectivity index (χ1v) is 5.60. The minimum absolute atomic E-state index is 0.210. The van der Waals surface area contributed by atoms with Gasteiger partial charge in [-0.2, -0.15) is 0 Å². The van der Waals surface area contributed by atoms with Crippen molar-refractivity contribution in [3.8, 4) is 11.8 Å². The Balaban J connectivity index is 2.23. The Bertz CT molecular complexity index is 519. The second-order valence-electron chi connectivity index (χ2n) is 3.84. The van der Waals surface area contributed by atoms with Gasteiger partial charge in [0.15, 0.2) is 0 Å². The third-order valence-electron chi connectivity index (χ3n) is 2.60. The average molecular weight is 248 g/mol. The van der Waals surface area contributed by atoms with Gasteiger partial charge >= 0.3 is 6.09 Å². The molecule has 0 radical (unpaired) electrons. The fourth-order valence-electron chi connectivity index (χ4n) is 1.72. The lowest BCUT2D eigenvalue weighted by atomic mass is 10.1. The van der Waals surface area contributed by atoms with Crippen molar-refractivity contribution < 1.29 is 13.9 Å². The maximum absolute atomic E-state index is 13.2. The summed E-state index contributed by atoms with van der Waals surface area (Å²) in [5, 5.41) is 0. The van der Waals surface area contributed by atoms with Crippen LogP contribution >= 0.6 is 0 Å². The van der Waals surface area contributed by atoms with Gasteiger partial charge in [0.1, 0.15) is 12.4 Å². The molecule has 2 N–H and O–H groups in total. The Morgan fingerprint density at radius 1 is 1.50 bits per heavy atom. The first-order valence-electron chi connectivity index (χ1n) is 5.60. The number of halogens is 1. The number of hydrogen-bond acceptors (Lipinski definition) is 3. The summed E-state index contributed by atoms with van der Waals surface area (Å²) in [6.07, 6.45) is -0.350. The molecule has 1 aliphatic heterocycles. The van der Waals surface area contributed by atoms with Gasteiger partial charge in [0, 0.05) is 5.56 Å². The Kier molecular flexibility index (Phi) is 3.80. The van der Waals surface area contributed by atoms with E-state index in [0.717, 1.165) is 5.56 Å². The van der Waals surface area contributed by atoms with E-state index in [1.807, 2.05) is 0 Å². The predicted octanol–water partition coefficient (Wildman–Crippen LogP) is 1.09. The Labute approximate surface area is 105 Å². The molecule has 0 bridgehead atoms. The molecule has 1 aromatic carbocycles. The van der Waals surface area contributed by atoms with Gasteiger partial charge in [-0.15, -0.1) is 0 Å². The highest BCUT2D eigenvalue weighted by Crippen LogP contribution is 2.15. The number of nitrogens with two attached hydrogens (primary N) is 1. The minimum Gasteiger partial charge on any atom is -0.448 e. The van der Waals surface area contributed by atoms with E-state index >= 15 is 0 Å². The van der Waals surface area contributed by atoms with E-state index < -0.39 is 0 Å². The zero-order valence-electron chi connectivity index (χ0n) is 9.78. The van der Waals surface area contributed by atoms with Gasteiger partial charge in [-0.25, -0.2) is 9.18 Å².